The maximum atomic E-state index is 11.7. The van der Waals surface area contributed by atoms with Gasteiger partial charge in [-0.3, -0.25) is 9.59 Å². The molecule has 0 fully saturated rings. The molecule has 1 N–H and O–H groups in total. The summed E-state index contributed by atoms with van der Waals surface area (Å²) < 4.78 is 4.91. The van der Waals surface area contributed by atoms with Crippen molar-refractivity contribution in [2.75, 3.05) is 7.11 Å². The average Bonchev–Trinajstić information content (AvgIpc) is 2.46. The Morgan fingerprint density at radius 2 is 1.68 bits per heavy atom. The zero-order valence-corrected chi connectivity index (χ0v) is 12.3. The monoisotopic (exact) mass is 265 g/mol. The van der Waals surface area contributed by atoms with E-state index >= 15 is 0 Å². The molecule has 4 nitrogen and oxygen atoms in total. The van der Waals surface area contributed by atoms with Gasteiger partial charge in [-0.15, -0.1) is 0 Å². The van der Waals surface area contributed by atoms with Gasteiger partial charge in [0.25, 0.3) is 0 Å². The van der Waals surface area contributed by atoms with Crippen LogP contribution >= 0.6 is 0 Å². The average molecular weight is 265 g/mol. The fourth-order valence-electron chi connectivity index (χ4n) is 1.43. The highest BCUT2D eigenvalue weighted by Gasteiger charge is 2.21. The third-order valence-electron chi connectivity index (χ3n) is 2.55. The van der Waals surface area contributed by atoms with Gasteiger partial charge in [0.2, 0.25) is 5.91 Å². The van der Waals surface area contributed by atoms with Gasteiger partial charge in [-0.05, 0) is 19.4 Å². The first-order valence-electron chi connectivity index (χ1n) is 6.44. The summed E-state index contributed by atoms with van der Waals surface area (Å²) in [4.78, 5) is 23.2. The number of rotatable bonds is 5. The zero-order valence-electron chi connectivity index (χ0n) is 12.3. The summed E-state index contributed by atoms with van der Waals surface area (Å²) in [6, 6.07) is 8.53. The van der Waals surface area contributed by atoms with Crippen LogP contribution in [0.1, 0.15) is 39.3 Å². The Bertz CT molecular complexity index is 390. The number of ketones is 1. The van der Waals surface area contributed by atoms with Crippen molar-refractivity contribution in [2.45, 2.75) is 39.8 Å². The molecule has 2 atom stereocenters. The predicted octanol–water partition coefficient (Wildman–Crippen LogP) is 2.49. The van der Waals surface area contributed by atoms with Crippen LogP contribution in [0.3, 0.4) is 0 Å². The number of carbonyl (C=O) groups is 2. The summed E-state index contributed by atoms with van der Waals surface area (Å²) in [5, 5.41) is 2.67. The van der Waals surface area contributed by atoms with Crippen LogP contribution in [0.5, 0.6) is 0 Å². The lowest BCUT2D eigenvalue weighted by molar-refractivity contribution is -0.133. The van der Waals surface area contributed by atoms with E-state index in [1.54, 1.807) is 6.92 Å². The highest BCUT2D eigenvalue weighted by atomic mass is 16.5. The number of carbonyl (C=O) groups excluding carboxylic acids is 2. The van der Waals surface area contributed by atoms with Crippen LogP contribution < -0.4 is 5.32 Å². The van der Waals surface area contributed by atoms with Crippen LogP contribution in [0.25, 0.3) is 0 Å². The molecule has 1 aromatic carbocycles. The summed E-state index contributed by atoms with van der Waals surface area (Å²) in [5.41, 5.74) is 0.775. The van der Waals surface area contributed by atoms with Crippen molar-refractivity contribution < 1.29 is 14.3 Å². The molecule has 0 spiro atoms. The molecule has 0 saturated carbocycles. The minimum absolute atomic E-state index is 0.104. The topological polar surface area (TPSA) is 55.4 Å². The van der Waals surface area contributed by atoms with Gasteiger partial charge < -0.3 is 10.1 Å². The Morgan fingerprint density at radius 1 is 1.16 bits per heavy atom. The van der Waals surface area contributed by atoms with Crippen molar-refractivity contribution in [3.63, 3.8) is 0 Å². The lowest BCUT2D eigenvalue weighted by atomic mass is 10.0. The quantitative estimate of drug-likeness (QED) is 0.890. The van der Waals surface area contributed by atoms with Crippen LogP contribution in [0, 0.1) is 0 Å². The standard InChI is InChI=1S/C13H17NO3.C2H6/c1-9(15)12(11-7-5-4-6-8-11)14-13(16)10(2)17-3;1-2/h4-8,10,12H,1-3H3,(H,14,16);1-2H3/t10?,12-;/m0./s1. The first-order chi connectivity index (χ1) is 9.06. The molecule has 0 aliphatic heterocycles. The number of Topliss-reactive ketones (excluding diaryl/α,β-unsaturated/α-hetero) is 1. The Morgan fingerprint density at radius 3 is 2.11 bits per heavy atom. The first-order valence-corrected chi connectivity index (χ1v) is 6.44. The molecular formula is C15H23NO3. The van der Waals surface area contributed by atoms with E-state index in [9.17, 15) is 9.59 Å². The molecular weight excluding hydrogens is 242 g/mol. The minimum atomic E-state index is -0.610. The Balaban J connectivity index is 0.00000154. The van der Waals surface area contributed by atoms with Crippen LogP contribution in [0.2, 0.25) is 0 Å². The Kier molecular flexibility index (Phi) is 8.46. The number of hydrogen-bond acceptors (Lipinski definition) is 3. The molecule has 1 rings (SSSR count). The molecule has 0 aliphatic rings. The Hall–Kier alpha value is -1.68. The highest BCUT2D eigenvalue weighted by molar-refractivity contribution is 5.89. The van der Waals surface area contributed by atoms with Crippen molar-refractivity contribution in [3.8, 4) is 0 Å². The number of ether oxygens (including phenoxy) is 1. The van der Waals surface area contributed by atoms with Crippen molar-refractivity contribution in [1.29, 1.82) is 0 Å². The molecule has 1 aromatic rings. The molecule has 4 heteroatoms. The minimum Gasteiger partial charge on any atom is -0.372 e. The van der Waals surface area contributed by atoms with Crippen molar-refractivity contribution in [2.24, 2.45) is 0 Å². The van der Waals surface area contributed by atoms with E-state index in [0.717, 1.165) is 5.56 Å². The first kappa shape index (κ1) is 17.3. The maximum Gasteiger partial charge on any atom is 0.249 e. The second kappa shape index (κ2) is 9.28. The molecule has 0 bridgehead atoms. The van der Waals surface area contributed by atoms with Gasteiger partial charge in [0, 0.05) is 7.11 Å². The largest absolute Gasteiger partial charge is 0.372 e. The molecule has 0 aromatic heterocycles. The fourth-order valence-corrected chi connectivity index (χ4v) is 1.43. The third-order valence-corrected chi connectivity index (χ3v) is 2.55. The molecule has 106 valence electrons. The van der Waals surface area contributed by atoms with Crippen LogP contribution in [0.15, 0.2) is 30.3 Å². The lowest BCUT2D eigenvalue weighted by Crippen LogP contribution is -2.39. The second-order valence-electron chi connectivity index (χ2n) is 3.84. The zero-order chi connectivity index (χ0) is 14.8. The van der Waals surface area contributed by atoms with Crippen molar-refractivity contribution >= 4 is 11.7 Å². The predicted molar refractivity (Wildman–Crippen MR) is 75.8 cm³/mol. The molecule has 1 amide bonds. The van der Waals surface area contributed by atoms with Gasteiger partial charge in [-0.1, -0.05) is 44.2 Å². The number of nitrogens with one attached hydrogen (secondary N) is 1. The van der Waals surface area contributed by atoms with E-state index < -0.39 is 12.1 Å². The molecule has 19 heavy (non-hydrogen) atoms. The molecule has 0 saturated heterocycles. The molecule has 1 unspecified atom stereocenters. The molecule has 0 aliphatic carbocycles. The summed E-state index contributed by atoms with van der Waals surface area (Å²) >= 11 is 0. The smallest absolute Gasteiger partial charge is 0.249 e. The number of benzene rings is 1. The van der Waals surface area contributed by atoms with Crippen LogP contribution in [0.4, 0.5) is 0 Å². The van der Waals surface area contributed by atoms with E-state index in [2.05, 4.69) is 5.32 Å². The maximum absolute atomic E-state index is 11.7. The second-order valence-corrected chi connectivity index (χ2v) is 3.84. The van der Waals surface area contributed by atoms with E-state index in [1.807, 2.05) is 44.2 Å². The summed E-state index contributed by atoms with van der Waals surface area (Å²) in [6.45, 7) is 7.09. The van der Waals surface area contributed by atoms with Gasteiger partial charge >= 0.3 is 0 Å². The fraction of sp³-hybridized carbons (Fsp3) is 0.467. The normalized spacial score (nSPS) is 12.7. The lowest BCUT2D eigenvalue weighted by Gasteiger charge is -2.18. The molecule has 0 radical (unpaired) electrons. The van der Waals surface area contributed by atoms with E-state index in [0.29, 0.717) is 0 Å². The van der Waals surface area contributed by atoms with Crippen LogP contribution in [-0.2, 0) is 14.3 Å². The summed E-state index contributed by atoms with van der Waals surface area (Å²) in [6.07, 6.45) is -0.569. The number of amides is 1. The SMILES string of the molecule is CC.COC(C)C(=O)N[C@@H](C(C)=O)c1ccccc1. The van der Waals surface area contributed by atoms with Crippen molar-refractivity contribution in [3.05, 3.63) is 35.9 Å². The highest BCUT2D eigenvalue weighted by Crippen LogP contribution is 2.13. The Labute approximate surface area is 115 Å². The van der Waals surface area contributed by atoms with E-state index in [1.165, 1.54) is 14.0 Å². The van der Waals surface area contributed by atoms with Gasteiger partial charge in [0.1, 0.15) is 12.1 Å². The van der Waals surface area contributed by atoms with Gasteiger partial charge in [0.05, 0.1) is 0 Å². The third kappa shape index (κ3) is 5.66. The van der Waals surface area contributed by atoms with E-state index in [4.69, 9.17) is 4.74 Å². The molecule has 0 heterocycles. The van der Waals surface area contributed by atoms with Crippen molar-refractivity contribution in [1.82, 2.24) is 5.32 Å². The van der Waals surface area contributed by atoms with Gasteiger partial charge in [-0.2, -0.15) is 0 Å². The number of methoxy groups -OCH3 is 1. The van der Waals surface area contributed by atoms with Gasteiger partial charge in [-0.25, -0.2) is 0 Å². The van der Waals surface area contributed by atoms with E-state index in [-0.39, 0.29) is 11.7 Å². The summed E-state index contributed by atoms with van der Waals surface area (Å²) in [5.74, 6) is -0.399. The van der Waals surface area contributed by atoms with Crippen LogP contribution in [-0.4, -0.2) is 24.9 Å². The van der Waals surface area contributed by atoms with Gasteiger partial charge in [0.15, 0.2) is 5.78 Å². The summed E-state index contributed by atoms with van der Waals surface area (Å²) in [7, 11) is 1.45. The number of hydrogen-bond donors (Lipinski definition) is 1.